The first-order valence-electron chi connectivity index (χ1n) is 10.0. The fourth-order valence-electron chi connectivity index (χ4n) is 3.42. The van der Waals surface area contributed by atoms with Crippen molar-refractivity contribution in [3.63, 3.8) is 0 Å². The molecule has 0 amide bonds. The number of rotatable bonds is 8. The van der Waals surface area contributed by atoms with Gasteiger partial charge < -0.3 is 9.88 Å². The third-order valence-corrected chi connectivity index (χ3v) is 7.16. The van der Waals surface area contributed by atoms with Gasteiger partial charge in [-0.15, -0.1) is 0 Å². The van der Waals surface area contributed by atoms with Crippen LogP contribution in [0.3, 0.4) is 0 Å². The lowest BCUT2D eigenvalue weighted by atomic mass is 10.1. The van der Waals surface area contributed by atoms with E-state index in [0.29, 0.717) is 12.1 Å². The highest BCUT2D eigenvalue weighted by Crippen LogP contribution is 2.23. The second-order valence-corrected chi connectivity index (χ2v) is 9.56. The van der Waals surface area contributed by atoms with Gasteiger partial charge in [-0.2, -0.15) is 0 Å². The summed E-state index contributed by atoms with van der Waals surface area (Å²) in [5, 5.41) is 3.54. The molecule has 0 fully saturated rings. The van der Waals surface area contributed by atoms with Gasteiger partial charge in [0.05, 0.1) is 22.5 Å². The monoisotopic (exact) mass is 414 g/mol. The van der Waals surface area contributed by atoms with E-state index in [4.69, 9.17) is 4.98 Å². The molecule has 0 aliphatic carbocycles. The Morgan fingerprint density at radius 1 is 1.10 bits per heavy atom. The van der Waals surface area contributed by atoms with E-state index in [0.717, 1.165) is 24.3 Å². The summed E-state index contributed by atoms with van der Waals surface area (Å²) in [5.74, 6) is 0.902. The minimum atomic E-state index is -3.48. The smallest absolute Gasteiger partial charge is 0.242 e. The van der Waals surface area contributed by atoms with Gasteiger partial charge in [0.15, 0.2) is 0 Å². The van der Waals surface area contributed by atoms with Crippen LogP contribution in [0.25, 0.3) is 11.0 Å². The number of aryl methyl sites for hydroxylation is 2. The summed E-state index contributed by atoms with van der Waals surface area (Å²) in [4.78, 5) is 4.99. The van der Waals surface area contributed by atoms with Crippen LogP contribution >= 0.6 is 0 Å². The van der Waals surface area contributed by atoms with Crippen LogP contribution < -0.4 is 5.32 Å². The molecule has 6 nitrogen and oxygen atoms in total. The molecule has 0 bridgehead atoms. The zero-order chi connectivity index (χ0) is 21.2. The quantitative estimate of drug-likeness (QED) is 0.610. The van der Waals surface area contributed by atoms with E-state index in [1.807, 2.05) is 6.07 Å². The van der Waals surface area contributed by atoms with Crippen molar-refractivity contribution in [1.29, 1.82) is 0 Å². The summed E-state index contributed by atoms with van der Waals surface area (Å²) in [7, 11) is -0.406. The molecule has 0 aliphatic rings. The molecular weight excluding hydrogens is 384 g/mol. The topological polar surface area (TPSA) is 67.2 Å². The average Bonchev–Trinajstić information content (AvgIpc) is 3.08. The van der Waals surface area contributed by atoms with Crippen LogP contribution in [0.2, 0.25) is 0 Å². The van der Waals surface area contributed by atoms with Gasteiger partial charge in [0, 0.05) is 26.7 Å². The number of nitrogens with one attached hydrogen (secondary N) is 1. The Morgan fingerprint density at radius 2 is 1.79 bits per heavy atom. The molecule has 0 spiro atoms. The molecule has 156 valence electrons. The van der Waals surface area contributed by atoms with Gasteiger partial charge in [0.2, 0.25) is 10.0 Å². The summed E-state index contributed by atoms with van der Waals surface area (Å²) < 4.78 is 28.2. The van der Waals surface area contributed by atoms with Crippen LogP contribution in [-0.2, 0) is 29.5 Å². The number of hydrogen-bond donors (Lipinski definition) is 1. The Morgan fingerprint density at radius 3 is 2.38 bits per heavy atom. The van der Waals surface area contributed by atoms with Crippen LogP contribution in [0, 0.1) is 0 Å². The van der Waals surface area contributed by atoms with Crippen molar-refractivity contribution < 1.29 is 8.42 Å². The van der Waals surface area contributed by atoms with Gasteiger partial charge in [-0.25, -0.2) is 17.7 Å². The van der Waals surface area contributed by atoms with Crippen LogP contribution in [0.1, 0.15) is 43.8 Å². The van der Waals surface area contributed by atoms with Gasteiger partial charge in [0.25, 0.3) is 0 Å². The first-order valence-corrected chi connectivity index (χ1v) is 11.5. The maximum atomic E-state index is 12.4. The van der Waals surface area contributed by atoms with Crippen molar-refractivity contribution >= 4 is 21.1 Å². The molecule has 7 heteroatoms. The Bertz CT molecular complexity index is 1090. The minimum Gasteiger partial charge on any atom is -0.327 e. The molecule has 1 N–H and O–H groups in total. The lowest BCUT2D eigenvalue weighted by Crippen LogP contribution is -2.22. The molecular formula is C22H30N4O2S. The summed E-state index contributed by atoms with van der Waals surface area (Å²) in [6.07, 6.45) is 1.04. The number of hydrogen-bond acceptors (Lipinski definition) is 4. The Balaban J connectivity index is 1.84. The highest BCUT2D eigenvalue weighted by atomic mass is 32.2. The number of benzene rings is 2. The van der Waals surface area contributed by atoms with E-state index < -0.39 is 10.0 Å². The molecule has 0 saturated heterocycles. The van der Waals surface area contributed by atoms with Crippen molar-refractivity contribution in [3.05, 3.63) is 59.4 Å². The number of fused-ring (bicyclic) bond motifs is 1. The maximum absolute atomic E-state index is 12.4. The minimum absolute atomic E-state index is 0.190. The van der Waals surface area contributed by atoms with Crippen LogP contribution in [0.15, 0.2) is 47.4 Å². The molecule has 29 heavy (non-hydrogen) atoms. The molecule has 1 atom stereocenters. The molecule has 1 aromatic heterocycles. The maximum Gasteiger partial charge on any atom is 0.242 e. The number of imidazole rings is 1. The summed E-state index contributed by atoms with van der Waals surface area (Å²) >= 11 is 0. The highest BCUT2D eigenvalue weighted by molar-refractivity contribution is 7.89. The van der Waals surface area contributed by atoms with Crippen molar-refractivity contribution in [2.24, 2.45) is 0 Å². The van der Waals surface area contributed by atoms with Crippen LogP contribution in [-0.4, -0.2) is 36.4 Å². The fourth-order valence-corrected chi connectivity index (χ4v) is 4.35. The van der Waals surface area contributed by atoms with E-state index >= 15 is 0 Å². The van der Waals surface area contributed by atoms with E-state index in [1.54, 1.807) is 12.1 Å². The van der Waals surface area contributed by atoms with Crippen LogP contribution in [0.5, 0.6) is 0 Å². The third kappa shape index (κ3) is 4.37. The summed E-state index contributed by atoms with van der Waals surface area (Å²) in [5.41, 5.74) is 4.21. The first kappa shape index (κ1) is 21.5. The lowest BCUT2D eigenvalue weighted by Gasteiger charge is -2.15. The predicted molar refractivity (Wildman–Crippen MR) is 117 cm³/mol. The SMILES string of the molecule is CCc1ccc([C@@H](C)NCc2nc3cc(S(=O)(=O)N(C)C)ccc3n2CC)cc1. The first-order chi connectivity index (χ1) is 13.8. The third-order valence-electron chi connectivity index (χ3n) is 5.35. The molecule has 0 aliphatic heterocycles. The predicted octanol–water partition coefficient (Wildman–Crippen LogP) is 3.72. The van der Waals surface area contributed by atoms with Gasteiger partial charge >= 0.3 is 0 Å². The van der Waals surface area contributed by atoms with Gasteiger partial charge in [-0.3, -0.25) is 0 Å². The van der Waals surface area contributed by atoms with Crippen molar-refractivity contribution in [2.75, 3.05) is 14.1 Å². The highest BCUT2D eigenvalue weighted by Gasteiger charge is 2.19. The Labute approximate surface area is 173 Å². The zero-order valence-electron chi connectivity index (χ0n) is 17.8. The van der Waals surface area contributed by atoms with E-state index in [-0.39, 0.29) is 10.9 Å². The summed E-state index contributed by atoms with van der Waals surface area (Å²) in [6, 6.07) is 14.0. The second-order valence-electron chi connectivity index (χ2n) is 7.41. The van der Waals surface area contributed by atoms with Gasteiger partial charge in [-0.1, -0.05) is 31.2 Å². The molecule has 3 aromatic rings. The Hall–Kier alpha value is -2.22. The zero-order valence-corrected chi connectivity index (χ0v) is 18.6. The van der Waals surface area contributed by atoms with E-state index in [1.165, 1.54) is 29.5 Å². The average molecular weight is 415 g/mol. The van der Waals surface area contributed by atoms with E-state index in [9.17, 15) is 8.42 Å². The molecule has 2 aromatic carbocycles. The lowest BCUT2D eigenvalue weighted by molar-refractivity contribution is 0.521. The number of aromatic nitrogens is 2. The van der Waals surface area contributed by atoms with Crippen LogP contribution in [0.4, 0.5) is 0 Å². The van der Waals surface area contributed by atoms with Gasteiger partial charge in [0.1, 0.15) is 5.82 Å². The molecule has 3 rings (SSSR count). The molecule has 0 unspecified atom stereocenters. The normalized spacial score (nSPS) is 13.3. The van der Waals surface area contributed by atoms with E-state index in [2.05, 4.69) is 54.9 Å². The van der Waals surface area contributed by atoms with Crippen molar-refractivity contribution in [3.8, 4) is 0 Å². The summed E-state index contributed by atoms with van der Waals surface area (Å²) in [6.45, 7) is 7.74. The molecule has 1 heterocycles. The van der Waals surface area contributed by atoms with Crippen molar-refractivity contribution in [1.82, 2.24) is 19.2 Å². The standard InChI is InChI=1S/C22H30N4O2S/c1-6-17-8-10-18(11-9-17)16(3)23-15-22-24-20-14-19(29(27,28)25(4)5)12-13-21(20)26(22)7-2/h8-14,16,23H,6-7,15H2,1-5H3/t16-/m1/s1. The largest absolute Gasteiger partial charge is 0.327 e. The Kier molecular flexibility index (Phi) is 6.41. The number of nitrogens with zero attached hydrogens (tertiary/aromatic N) is 3. The molecule has 0 radical (unpaired) electrons. The second kappa shape index (κ2) is 8.65. The number of sulfonamides is 1. The van der Waals surface area contributed by atoms with Crippen molar-refractivity contribution in [2.45, 2.75) is 51.2 Å². The van der Waals surface area contributed by atoms with Gasteiger partial charge in [-0.05, 0) is 49.6 Å². The molecule has 0 saturated carbocycles. The fraction of sp³-hybridized carbons (Fsp3) is 0.409.